The molecule has 0 aliphatic rings. The number of halogens is 4. The predicted molar refractivity (Wildman–Crippen MR) is 166 cm³/mol. The molecule has 0 N–H and O–H groups in total. The van der Waals surface area contributed by atoms with Crippen molar-refractivity contribution in [2.75, 3.05) is 13.2 Å². The minimum absolute atomic E-state index is 0.198. The van der Waals surface area contributed by atoms with Crippen LogP contribution in [0.1, 0.15) is 75.1 Å². The molecule has 44 heavy (non-hydrogen) atoms. The summed E-state index contributed by atoms with van der Waals surface area (Å²) in [6.07, 6.45) is 3.34. The molecule has 8 heteroatoms. The average Bonchev–Trinajstić information content (AvgIpc) is 3.01. The van der Waals surface area contributed by atoms with E-state index in [1.165, 1.54) is 60.7 Å². The Morgan fingerprint density at radius 2 is 0.909 bits per heavy atom. The van der Waals surface area contributed by atoms with Crippen LogP contribution in [0.2, 0.25) is 0 Å². The molecule has 232 valence electrons. The molecule has 0 atom stereocenters. The predicted octanol–water partition coefficient (Wildman–Crippen LogP) is 9.52. The third kappa shape index (κ3) is 7.09. The molecule has 0 aliphatic heterocycles. The maximum Gasteiger partial charge on any atom is 0.640 e. The van der Waals surface area contributed by atoms with Gasteiger partial charge in [0.25, 0.3) is 0 Å². The molecular formula is C36H39BF4O3. The number of unbranched alkanes of at least 4 members (excludes halogenated alkanes) is 2. The van der Waals surface area contributed by atoms with Crippen LogP contribution >= 0.6 is 0 Å². The molecule has 0 amide bonds. The molecule has 0 spiro atoms. The minimum Gasteiger partial charge on any atom is -0.386 e. The maximum absolute atomic E-state index is 15.2. The summed E-state index contributed by atoms with van der Waals surface area (Å²) in [5.74, 6) is -2.19. The van der Waals surface area contributed by atoms with Crippen LogP contribution in [0, 0.1) is 23.3 Å². The molecule has 0 bridgehead atoms. The van der Waals surface area contributed by atoms with Crippen LogP contribution in [0.15, 0.2) is 97.1 Å². The Kier molecular flexibility index (Phi) is 11.8. The maximum atomic E-state index is 15.2. The van der Waals surface area contributed by atoms with E-state index in [-0.39, 0.29) is 6.42 Å². The van der Waals surface area contributed by atoms with E-state index in [4.69, 9.17) is 14.0 Å². The third-order valence-electron chi connectivity index (χ3n) is 8.01. The Morgan fingerprint density at radius 1 is 0.545 bits per heavy atom. The van der Waals surface area contributed by atoms with Crippen molar-refractivity contribution in [3.05, 3.63) is 143 Å². The van der Waals surface area contributed by atoms with E-state index in [0.717, 1.165) is 25.7 Å². The minimum atomic E-state index is -1.82. The second kappa shape index (κ2) is 15.5. The van der Waals surface area contributed by atoms with Crippen LogP contribution in [-0.2, 0) is 25.0 Å². The van der Waals surface area contributed by atoms with Gasteiger partial charge >= 0.3 is 7.32 Å². The number of hydrogen-bond acceptors (Lipinski definition) is 3. The summed E-state index contributed by atoms with van der Waals surface area (Å²) < 4.78 is 80.1. The van der Waals surface area contributed by atoms with Crippen molar-refractivity contribution in [3.8, 4) is 0 Å². The largest absolute Gasteiger partial charge is 0.640 e. The van der Waals surface area contributed by atoms with Gasteiger partial charge in [-0.05, 0) is 90.0 Å². The Bertz CT molecular complexity index is 1400. The van der Waals surface area contributed by atoms with E-state index in [1.54, 1.807) is 36.4 Å². The zero-order valence-corrected chi connectivity index (χ0v) is 25.5. The third-order valence-corrected chi connectivity index (χ3v) is 8.01. The van der Waals surface area contributed by atoms with Gasteiger partial charge in [0.15, 0.2) is 0 Å². The molecule has 0 saturated carbocycles. The van der Waals surface area contributed by atoms with Gasteiger partial charge in [0.05, 0.1) is 5.41 Å². The SMILES string of the molecule is CCCCOB(OCCCC)OC(c1cccc(F)c1)(c1cccc(F)c1)C(CC)(c1cccc(F)c1)c1cccc(F)c1. The van der Waals surface area contributed by atoms with Crippen LogP contribution in [0.3, 0.4) is 0 Å². The Balaban J connectivity index is 2.17. The standard InChI is InChI=1S/C36H39BF4O3/c1-4-7-21-42-37(43-22-8-5-2)44-36(29-15-11-19-33(40)25-29,30-16-12-20-34(41)26-30)35(6-3,27-13-9-17-31(38)23-27)28-14-10-18-32(39)24-28/h9-20,23-26H,4-8,21-22H2,1-3H3. The van der Waals surface area contributed by atoms with Gasteiger partial charge in [-0.1, -0.05) is 82.1 Å². The first-order valence-electron chi connectivity index (χ1n) is 15.3. The highest BCUT2D eigenvalue weighted by Crippen LogP contribution is 2.56. The lowest BCUT2D eigenvalue weighted by atomic mass is 9.56. The molecule has 4 rings (SSSR count). The first-order valence-corrected chi connectivity index (χ1v) is 15.3. The van der Waals surface area contributed by atoms with E-state index < -0.39 is 41.6 Å². The quantitative estimate of drug-likeness (QED) is 0.0723. The Labute approximate surface area is 258 Å². The van der Waals surface area contributed by atoms with Crippen LogP contribution in [0.4, 0.5) is 17.6 Å². The molecule has 0 aliphatic carbocycles. The van der Waals surface area contributed by atoms with Crippen LogP contribution in [-0.4, -0.2) is 20.5 Å². The van der Waals surface area contributed by atoms with Crippen molar-refractivity contribution in [1.29, 1.82) is 0 Å². The van der Waals surface area contributed by atoms with E-state index in [1.807, 2.05) is 20.8 Å². The smallest absolute Gasteiger partial charge is 0.386 e. The summed E-state index contributed by atoms with van der Waals surface area (Å²) in [5, 5.41) is 0. The van der Waals surface area contributed by atoms with E-state index in [9.17, 15) is 0 Å². The van der Waals surface area contributed by atoms with Crippen molar-refractivity contribution in [3.63, 3.8) is 0 Å². The molecule has 3 nitrogen and oxygen atoms in total. The number of rotatable bonds is 16. The van der Waals surface area contributed by atoms with Gasteiger partial charge in [-0.15, -0.1) is 0 Å². The lowest BCUT2D eigenvalue weighted by molar-refractivity contribution is -0.0319. The van der Waals surface area contributed by atoms with Crippen molar-refractivity contribution < 1.29 is 31.5 Å². The fourth-order valence-corrected chi connectivity index (χ4v) is 5.96. The van der Waals surface area contributed by atoms with Gasteiger partial charge in [-0.2, -0.15) is 0 Å². The second-order valence-electron chi connectivity index (χ2n) is 10.8. The normalized spacial score (nSPS) is 12.0. The molecule has 0 radical (unpaired) electrons. The summed E-state index contributed by atoms with van der Waals surface area (Å²) in [7, 11) is -1.28. The summed E-state index contributed by atoms with van der Waals surface area (Å²) in [6.45, 7) is 6.51. The first kappa shape index (κ1) is 33.4. The zero-order chi connectivity index (χ0) is 31.6. The van der Waals surface area contributed by atoms with Gasteiger partial charge in [0.2, 0.25) is 0 Å². The fraction of sp³-hybridized carbons (Fsp3) is 0.333. The Morgan fingerprint density at radius 3 is 1.25 bits per heavy atom. The van der Waals surface area contributed by atoms with Gasteiger partial charge in [0.1, 0.15) is 28.9 Å². The van der Waals surface area contributed by atoms with Gasteiger partial charge in [0, 0.05) is 13.2 Å². The van der Waals surface area contributed by atoms with Crippen molar-refractivity contribution in [2.24, 2.45) is 0 Å². The molecule has 0 saturated heterocycles. The highest BCUT2D eigenvalue weighted by atomic mass is 19.1. The van der Waals surface area contributed by atoms with E-state index in [0.29, 0.717) is 35.5 Å². The molecule has 0 heterocycles. The van der Waals surface area contributed by atoms with Crippen LogP contribution in [0.25, 0.3) is 0 Å². The molecule has 4 aromatic rings. The van der Waals surface area contributed by atoms with Crippen LogP contribution < -0.4 is 0 Å². The Hall–Kier alpha value is -3.46. The van der Waals surface area contributed by atoms with Crippen molar-refractivity contribution in [2.45, 2.75) is 63.9 Å². The number of benzene rings is 4. The highest BCUT2D eigenvalue weighted by molar-refractivity contribution is 6.36. The molecule has 4 aromatic carbocycles. The lowest BCUT2D eigenvalue weighted by Gasteiger charge is -2.52. The number of hydrogen-bond donors (Lipinski definition) is 0. The first-order chi connectivity index (χ1) is 21.3. The van der Waals surface area contributed by atoms with E-state index in [2.05, 4.69) is 0 Å². The van der Waals surface area contributed by atoms with E-state index >= 15 is 17.6 Å². The van der Waals surface area contributed by atoms with Crippen molar-refractivity contribution >= 4 is 7.32 Å². The second-order valence-corrected chi connectivity index (χ2v) is 10.8. The summed E-state index contributed by atoms with van der Waals surface area (Å²) in [4.78, 5) is 0. The average molecular weight is 607 g/mol. The summed E-state index contributed by atoms with van der Waals surface area (Å²) in [5.41, 5.74) is -1.86. The molecule has 0 fully saturated rings. The molecular weight excluding hydrogens is 567 g/mol. The lowest BCUT2D eigenvalue weighted by Crippen LogP contribution is -2.56. The topological polar surface area (TPSA) is 27.7 Å². The van der Waals surface area contributed by atoms with Gasteiger partial charge < -0.3 is 14.0 Å². The molecule has 0 unspecified atom stereocenters. The van der Waals surface area contributed by atoms with Gasteiger partial charge in [-0.25, -0.2) is 17.6 Å². The van der Waals surface area contributed by atoms with Crippen LogP contribution in [0.5, 0.6) is 0 Å². The summed E-state index contributed by atoms with van der Waals surface area (Å²) in [6, 6.07) is 23.5. The highest BCUT2D eigenvalue weighted by Gasteiger charge is 2.58. The summed E-state index contributed by atoms with van der Waals surface area (Å²) >= 11 is 0. The fourth-order valence-electron chi connectivity index (χ4n) is 5.96. The molecule has 0 aromatic heterocycles. The monoisotopic (exact) mass is 606 g/mol. The zero-order valence-electron chi connectivity index (χ0n) is 25.5. The van der Waals surface area contributed by atoms with Crippen molar-refractivity contribution in [1.82, 2.24) is 0 Å². The van der Waals surface area contributed by atoms with Gasteiger partial charge in [-0.3, -0.25) is 0 Å².